The predicted molar refractivity (Wildman–Crippen MR) is 72.1 cm³/mol. The number of aryl methyl sites for hydroxylation is 3. The minimum atomic E-state index is -0.219. The first kappa shape index (κ1) is 12.6. The lowest BCUT2D eigenvalue weighted by Gasteiger charge is -2.11. The number of benzene rings is 1. The van der Waals surface area contributed by atoms with Crippen LogP contribution in [0.3, 0.4) is 0 Å². The molecule has 4 nitrogen and oxygen atoms in total. The zero-order chi connectivity index (χ0) is 13.3. The van der Waals surface area contributed by atoms with Gasteiger partial charge in [-0.1, -0.05) is 17.7 Å². The van der Waals surface area contributed by atoms with Crippen molar-refractivity contribution in [1.29, 1.82) is 0 Å². The highest BCUT2D eigenvalue weighted by atomic mass is 35.5. The average molecular weight is 264 g/mol. The molecule has 1 amide bonds. The second-order valence-corrected chi connectivity index (χ2v) is 4.64. The monoisotopic (exact) mass is 263 g/mol. The molecule has 5 heteroatoms. The number of anilines is 1. The van der Waals surface area contributed by atoms with Gasteiger partial charge in [0.25, 0.3) is 5.91 Å². The Labute approximate surface area is 111 Å². The van der Waals surface area contributed by atoms with E-state index in [1.807, 2.05) is 26.0 Å². The third kappa shape index (κ3) is 2.38. The first-order valence-corrected chi connectivity index (χ1v) is 5.93. The molecule has 0 fully saturated rings. The Bertz CT molecular complexity index is 581. The van der Waals surface area contributed by atoms with Crippen LogP contribution in [0.5, 0.6) is 0 Å². The second-order valence-electron chi connectivity index (χ2n) is 4.23. The summed E-state index contributed by atoms with van der Waals surface area (Å²) in [5.41, 5.74) is 3.14. The minimum Gasteiger partial charge on any atom is -0.319 e. The van der Waals surface area contributed by atoms with Crippen molar-refractivity contribution in [2.24, 2.45) is 7.05 Å². The summed E-state index contributed by atoms with van der Waals surface area (Å²) in [4.78, 5) is 12.1. The molecule has 2 rings (SSSR count). The van der Waals surface area contributed by atoms with Gasteiger partial charge in [-0.05, 0) is 37.1 Å². The Morgan fingerprint density at radius 2 is 2.11 bits per heavy atom. The molecule has 0 aliphatic heterocycles. The molecule has 0 aliphatic rings. The zero-order valence-electron chi connectivity index (χ0n) is 10.5. The molecule has 0 bridgehead atoms. The Morgan fingerprint density at radius 1 is 1.39 bits per heavy atom. The van der Waals surface area contributed by atoms with Gasteiger partial charge in [0, 0.05) is 13.2 Å². The third-order valence-electron chi connectivity index (χ3n) is 2.72. The Kier molecular flexibility index (Phi) is 3.39. The Morgan fingerprint density at radius 3 is 2.67 bits per heavy atom. The number of nitrogens with zero attached hydrogens (tertiary/aromatic N) is 2. The van der Waals surface area contributed by atoms with Gasteiger partial charge in [-0.15, -0.1) is 0 Å². The molecule has 0 aliphatic carbocycles. The van der Waals surface area contributed by atoms with E-state index in [1.54, 1.807) is 19.3 Å². The fraction of sp³-hybridized carbons (Fsp3) is 0.231. The van der Waals surface area contributed by atoms with E-state index in [0.29, 0.717) is 16.4 Å². The molecular weight excluding hydrogens is 250 g/mol. The van der Waals surface area contributed by atoms with Crippen molar-refractivity contribution in [2.75, 3.05) is 5.32 Å². The molecule has 0 unspecified atom stereocenters. The molecular formula is C13H14ClN3O. The summed E-state index contributed by atoms with van der Waals surface area (Å²) in [5.74, 6) is -0.219. The number of amides is 1. The van der Waals surface area contributed by atoms with Crippen LogP contribution in [0.1, 0.15) is 21.6 Å². The zero-order valence-corrected chi connectivity index (χ0v) is 11.2. The molecule has 0 atom stereocenters. The van der Waals surface area contributed by atoms with E-state index in [2.05, 4.69) is 10.4 Å². The molecule has 1 aromatic heterocycles. The maximum Gasteiger partial charge on any atom is 0.273 e. The lowest BCUT2D eigenvalue weighted by atomic mass is 10.1. The SMILES string of the molecule is Cc1cc(C)c(NC(=O)c2ccnn2C)c(Cl)c1. The van der Waals surface area contributed by atoms with Gasteiger partial charge < -0.3 is 5.32 Å². The maximum atomic E-state index is 12.1. The van der Waals surface area contributed by atoms with Crippen molar-refractivity contribution in [3.05, 3.63) is 46.2 Å². The predicted octanol–water partition coefficient (Wildman–Crippen LogP) is 2.94. The van der Waals surface area contributed by atoms with E-state index in [1.165, 1.54) is 4.68 Å². The summed E-state index contributed by atoms with van der Waals surface area (Å²) in [6.45, 7) is 3.88. The van der Waals surface area contributed by atoms with Gasteiger partial charge in [0.05, 0.1) is 10.7 Å². The highest BCUT2D eigenvalue weighted by molar-refractivity contribution is 6.34. The van der Waals surface area contributed by atoms with E-state index in [-0.39, 0.29) is 5.91 Å². The molecule has 0 saturated heterocycles. The fourth-order valence-corrected chi connectivity index (χ4v) is 2.22. The number of hydrogen-bond acceptors (Lipinski definition) is 2. The number of hydrogen-bond donors (Lipinski definition) is 1. The summed E-state index contributed by atoms with van der Waals surface area (Å²) in [5, 5.41) is 7.32. The van der Waals surface area contributed by atoms with Crippen LogP contribution in [0.25, 0.3) is 0 Å². The molecule has 0 radical (unpaired) electrons. The molecule has 0 saturated carbocycles. The van der Waals surface area contributed by atoms with Gasteiger partial charge >= 0.3 is 0 Å². The minimum absolute atomic E-state index is 0.219. The van der Waals surface area contributed by atoms with Crippen molar-refractivity contribution >= 4 is 23.2 Å². The molecule has 18 heavy (non-hydrogen) atoms. The summed E-state index contributed by atoms with van der Waals surface area (Å²) in [6.07, 6.45) is 1.58. The van der Waals surface area contributed by atoms with Crippen LogP contribution in [-0.4, -0.2) is 15.7 Å². The van der Waals surface area contributed by atoms with Crippen molar-refractivity contribution < 1.29 is 4.79 Å². The van der Waals surface area contributed by atoms with Crippen molar-refractivity contribution in [3.63, 3.8) is 0 Å². The highest BCUT2D eigenvalue weighted by Gasteiger charge is 2.13. The van der Waals surface area contributed by atoms with Crippen LogP contribution in [0.2, 0.25) is 5.02 Å². The van der Waals surface area contributed by atoms with E-state index in [4.69, 9.17) is 11.6 Å². The summed E-state index contributed by atoms with van der Waals surface area (Å²) in [6, 6.07) is 5.46. The van der Waals surface area contributed by atoms with Crippen LogP contribution < -0.4 is 5.32 Å². The van der Waals surface area contributed by atoms with E-state index >= 15 is 0 Å². The first-order chi connectivity index (χ1) is 8.49. The normalized spacial score (nSPS) is 10.4. The standard InChI is InChI=1S/C13H14ClN3O/c1-8-6-9(2)12(10(14)7-8)16-13(18)11-4-5-15-17(11)3/h4-7H,1-3H3,(H,16,18). The Hall–Kier alpha value is -1.81. The largest absolute Gasteiger partial charge is 0.319 e. The second kappa shape index (κ2) is 4.82. The van der Waals surface area contributed by atoms with Crippen LogP contribution in [0.15, 0.2) is 24.4 Å². The highest BCUT2D eigenvalue weighted by Crippen LogP contribution is 2.27. The lowest BCUT2D eigenvalue weighted by molar-refractivity contribution is 0.101. The van der Waals surface area contributed by atoms with Crippen LogP contribution in [0.4, 0.5) is 5.69 Å². The van der Waals surface area contributed by atoms with Gasteiger partial charge in [-0.25, -0.2) is 0 Å². The van der Waals surface area contributed by atoms with Crippen LogP contribution >= 0.6 is 11.6 Å². The van der Waals surface area contributed by atoms with Gasteiger partial charge in [0.1, 0.15) is 5.69 Å². The van der Waals surface area contributed by atoms with Gasteiger partial charge in [-0.3, -0.25) is 9.48 Å². The number of carbonyl (C=O) groups excluding carboxylic acids is 1. The summed E-state index contributed by atoms with van der Waals surface area (Å²) in [7, 11) is 1.72. The van der Waals surface area contributed by atoms with Gasteiger partial charge in [0.2, 0.25) is 0 Å². The van der Waals surface area contributed by atoms with Crippen molar-refractivity contribution in [2.45, 2.75) is 13.8 Å². The topological polar surface area (TPSA) is 46.9 Å². The number of nitrogens with one attached hydrogen (secondary N) is 1. The van der Waals surface area contributed by atoms with Crippen LogP contribution in [0, 0.1) is 13.8 Å². The average Bonchev–Trinajstić information content (AvgIpc) is 2.69. The Balaban J connectivity index is 2.31. The van der Waals surface area contributed by atoms with E-state index < -0.39 is 0 Å². The number of rotatable bonds is 2. The van der Waals surface area contributed by atoms with Gasteiger partial charge in [0.15, 0.2) is 0 Å². The van der Waals surface area contributed by atoms with Crippen LogP contribution in [-0.2, 0) is 7.05 Å². The molecule has 1 aromatic carbocycles. The van der Waals surface area contributed by atoms with Crippen molar-refractivity contribution in [1.82, 2.24) is 9.78 Å². The summed E-state index contributed by atoms with van der Waals surface area (Å²) >= 11 is 6.14. The smallest absolute Gasteiger partial charge is 0.273 e. The molecule has 1 N–H and O–H groups in total. The molecule has 1 heterocycles. The summed E-state index contributed by atoms with van der Waals surface area (Å²) < 4.78 is 1.52. The molecule has 2 aromatic rings. The number of carbonyl (C=O) groups is 1. The maximum absolute atomic E-state index is 12.1. The van der Waals surface area contributed by atoms with Crippen molar-refractivity contribution in [3.8, 4) is 0 Å². The third-order valence-corrected chi connectivity index (χ3v) is 3.02. The number of aromatic nitrogens is 2. The number of halogens is 1. The fourth-order valence-electron chi connectivity index (χ4n) is 1.85. The molecule has 94 valence electrons. The first-order valence-electron chi connectivity index (χ1n) is 5.55. The van der Waals surface area contributed by atoms with E-state index in [9.17, 15) is 4.79 Å². The van der Waals surface area contributed by atoms with Gasteiger partial charge in [-0.2, -0.15) is 5.10 Å². The van der Waals surface area contributed by atoms with E-state index in [0.717, 1.165) is 11.1 Å². The molecule has 0 spiro atoms. The quantitative estimate of drug-likeness (QED) is 0.906. The lowest BCUT2D eigenvalue weighted by Crippen LogP contribution is -2.17.